The number of para-hydroxylation sites is 3. The van der Waals surface area contributed by atoms with Crippen LogP contribution in [0.4, 0.5) is 0 Å². The highest BCUT2D eigenvalue weighted by Gasteiger charge is 2.24. The van der Waals surface area contributed by atoms with Crippen molar-refractivity contribution in [3.63, 3.8) is 0 Å². The van der Waals surface area contributed by atoms with E-state index in [-0.39, 0.29) is 0 Å². The van der Waals surface area contributed by atoms with Crippen molar-refractivity contribution in [2.75, 3.05) is 0 Å². The maximum atomic E-state index is 4.98. The Labute approximate surface area is 212 Å². The van der Waals surface area contributed by atoms with Crippen molar-refractivity contribution in [3.05, 3.63) is 109 Å². The minimum absolute atomic E-state index is 0.630. The lowest BCUT2D eigenvalue weighted by molar-refractivity contribution is 0.760. The van der Waals surface area contributed by atoms with Gasteiger partial charge in [0.1, 0.15) is 12.7 Å². The monoisotopic (exact) mass is 482 g/mol. The van der Waals surface area contributed by atoms with Crippen molar-refractivity contribution < 1.29 is 0 Å². The lowest BCUT2D eigenvalue weighted by Crippen LogP contribution is -2.08. The molecule has 7 aromatic rings. The normalized spacial score (nSPS) is 11.5. The van der Waals surface area contributed by atoms with E-state index in [1.165, 1.54) is 11.9 Å². The number of benzene rings is 3. The number of nitrogens with zero attached hydrogens (tertiary/aromatic N) is 8. The second-order valence-corrected chi connectivity index (χ2v) is 9.00. The third-order valence-corrected chi connectivity index (χ3v) is 6.55. The summed E-state index contributed by atoms with van der Waals surface area (Å²) in [5.41, 5.74) is 8.57. The number of aromatic nitrogens is 8. The Hall–Kier alpha value is -5.11. The zero-order valence-electron chi connectivity index (χ0n) is 20.3. The summed E-state index contributed by atoms with van der Waals surface area (Å²) >= 11 is 0. The van der Waals surface area contributed by atoms with Gasteiger partial charge in [-0.25, -0.2) is 24.3 Å². The third kappa shape index (κ3) is 3.41. The van der Waals surface area contributed by atoms with Crippen molar-refractivity contribution in [3.8, 4) is 34.0 Å². The molecule has 37 heavy (non-hydrogen) atoms. The maximum Gasteiger partial charge on any atom is 0.235 e. The summed E-state index contributed by atoms with van der Waals surface area (Å²) in [6, 6.07) is 28.7. The standard InChI is InChI=1S/C29H22N8/c1-19-12-14-21(15-13-19)24-16-26(36-25-11-7-6-10-23(25)32-29(36)33-24)27-20(2)34-37(22-8-4-3-5-9-22)28(27)35-18-30-17-31-35/h3-18H,1-2H3. The lowest BCUT2D eigenvalue weighted by atomic mass is 10.1. The molecule has 0 saturated carbocycles. The molecule has 0 aliphatic rings. The second-order valence-electron chi connectivity index (χ2n) is 9.00. The molecular weight excluding hydrogens is 460 g/mol. The number of aryl methyl sites for hydroxylation is 2. The van der Waals surface area contributed by atoms with Crippen molar-refractivity contribution in [2.24, 2.45) is 0 Å². The summed E-state index contributed by atoms with van der Waals surface area (Å²) < 4.78 is 5.78. The summed E-state index contributed by atoms with van der Waals surface area (Å²) in [5.74, 6) is 1.42. The summed E-state index contributed by atoms with van der Waals surface area (Å²) in [6.45, 7) is 4.10. The molecule has 0 saturated heterocycles. The van der Waals surface area contributed by atoms with E-state index in [1.54, 1.807) is 11.0 Å². The van der Waals surface area contributed by atoms with Crippen molar-refractivity contribution in [1.82, 2.24) is 38.9 Å². The van der Waals surface area contributed by atoms with E-state index in [0.717, 1.165) is 50.7 Å². The number of hydrogen-bond donors (Lipinski definition) is 0. The van der Waals surface area contributed by atoms with Gasteiger partial charge in [0.25, 0.3) is 0 Å². The Bertz CT molecular complexity index is 1880. The van der Waals surface area contributed by atoms with Crippen LogP contribution in [-0.2, 0) is 0 Å². The molecule has 0 unspecified atom stereocenters. The van der Waals surface area contributed by atoms with E-state index in [2.05, 4.69) is 57.8 Å². The quantitative estimate of drug-likeness (QED) is 0.326. The fourth-order valence-electron chi connectivity index (χ4n) is 4.81. The van der Waals surface area contributed by atoms with Gasteiger partial charge >= 0.3 is 0 Å². The van der Waals surface area contributed by atoms with E-state index in [4.69, 9.17) is 15.1 Å². The van der Waals surface area contributed by atoms with E-state index in [9.17, 15) is 0 Å². The van der Waals surface area contributed by atoms with Crippen LogP contribution in [0.25, 0.3) is 50.8 Å². The summed E-state index contributed by atoms with van der Waals surface area (Å²) in [6.07, 6.45) is 3.23. The molecule has 0 aliphatic carbocycles. The van der Waals surface area contributed by atoms with Crippen LogP contribution in [0.2, 0.25) is 0 Å². The first-order chi connectivity index (χ1) is 18.2. The Kier molecular flexibility index (Phi) is 4.72. The average molecular weight is 483 g/mol. The molecule has 8 heteroatoms. The molecule has 4 heterocycles. The SMILES string of the molecule is Cc1ccc(-c2cc(-c3c(C)nn(-c4ccccc4)c3-n3cncn3)n3c(n2)nc2ccccc23)cc1. The molecule has 8 nitrogen and oxygen atoms in total. The first-order valence-electron chi connectivity index (χ1n) is 12.0. The maximum absolute atomic E-state index is 4.98. The van der Waals surface area contributed by atoms with Crippen LogP contribution in [0.1, 0.15) is 11.3 Å². The molecule has 0 fully saturated rings. The largest absolute Gasteiger partial charge is 0.276 e. The molecule has 7 rings (SSSR count). The Morgan fingerprint density at radius 3 is 2.35 bits per heavy atom. The minimum Gasteiger partial charge on any atom is -0.276 e. The third-order valence-electron chi connectivity index (χ3n) is 6.55. The smallest absolute Gasteiger partial charge is 0.235 e. The van der Waals surface area contributed by atoms with Crippen LogP contribution in [0, 0.1) is 13.8 Å². The van der Waals surface area contributed by atoms with E-state index >= 15 is 0 Å². The van der Waals surface area contributed by atoms with Gasteiger partial charge in [-0.05, 0) is 44.2 Å². The average Bonchev–Trinajstić information content (AvgIpc) is 3.66. The molecule has 0 spiro atoms. The predicted molar refractivity (Wildman–Crippen MR) is 143 cm³/mol. The van der Waals surface area contributed by atoms with Gasteiger partial charge in [0.05, 0.1) is 39.4 Å². The highest BCUT2D eigenvalue weighted by Crippen LogP contribution is 2.35. The molecule has 4 aromatic heterocycles. The molecule has 0 aliphatic heterocycles. The summed E-state index contributed by atoms with van der Waals surface area (Å²) in [7, 11) is 0. The van der Waals surface area contributed by atoms with Crippen LogP contribution < -0.4 is 0 Å². The van der Waals surface area contributed by atoms with E-state index in [1.807, 2.05) is 60.1 Å². The molecular formula is C29H22N8. The first kappa shape index (κ1) is 21.2. The van der Waals surface area contributed by atoms with Crippen LogP contribution in [0.3, 0.4) is 0 Å². The van der Waals surface area contributed by atoms with Gasteiger partial charge in [-0.1, -0.05) is 60.2 Å². The second kappa shape index (κ2) is 8.23. The Morgan fingerprint density at radius 2 is 1.57 bits per heavy atom. The van der Waals surface area contributed by atoms with Gasteiger partial charge in [0, 0.05) is 5.56 Å². The molecule has 0 radical (unpaired) electrons. The summed E-state index contributed by atoms with van der Waals surface area (Å²) in [5, 5.41) is 9.47. The van der Waals surface area contributed by atoms with Gasteiger partial charge < -0.3 is 0 Å². The van der Waals surface area contributed by atoms with Gasteiger partial charge in [0.15, 0.2) is 5.82 Å². The van der Waals surface area contributed by atoms with Crippen LogP contribution in [0.15, 0.2) is 97.6 Å². The fourth-order valence-corrected chi connectivity index (χ4v) is 4.81. The van der Waals surface area contributed by atoms with Crippen molar-refractivity contribution in [1.29, 1.82) is 0 Å². The molecule has 0 bridgehead atoms. The molecule has 0 N–H and O–H groups in total. The van der Waals surface area contributed by atoms with Gasteiger partial charge in [-0.3, -0.25) is 4.40 Å². The lowest BCUT2D eigenvalue weighted by Gasteiger charge is -2.13. The Morgan fingerprint density at radius 1 is 0.784 bits per heavy atom. The summed E-state index contributed by atoms with van der Waals surface area (Å²) in [4.78, 5) is 14.1. The van der Waals surface area contributed by atoms with Crippen molar-refractivity contribution >= 4 is 16.8 Å². The highest BCUT2D eigenvalue weighted by atomic mass is 15.4. The van der Waals surface area contributed by atoms with Gasteiger partial charge in [-0.15, -0.1) is 0 Å². The van der Waals surface area contributed by atoms with E-state index < -0.39 is 0 Å². The van der Waals surface area contributed by atoms with Crippen molar-refractivity contribution in [2.45, 2.75) is 13.8 Å². The van der Waals surface area contributed by atoms with Crippen LogP contribution in [0.5, 0.6) is 0 Å². The predicted octanol–water partition coefficient (Wildman–Crippen LogP) is 5.60. The first-order valence-corrected chi connectivity index (χ1v) is 12.0. The number of rotatable bonds is 4. The van der Waals surface area contributed by atoms with Gasteiger partial charge in [0.2, 0.25) is 5.78 Å². The zero-order chi connectivity index (χ0) is 24.9. The number of hydrogen-bond acceptors (Lipinski definition) is 5. The number of imidazole rings is 1. The Balaban J connectivity index is 1.61. The topological polar surface area (TPSA) is 78.7 Å². The minimum atomic E-state index is 0.630. The van der Waals surface area contributed by atoms with Gasteiger partial charge in [-0.2, -0.15) is 10.2 Å². The number of fused-ring (bicyclic) bond motifs is 3. The molecule has 0 atom stereocenters. The fraction of sp³-hybridized carbons (Fsp3) is 0.0690. The molecule has 178 valence electrons. The van der Waals surface area contributed by atoms with E-state index in [0.29, 0.717) is 5.78 Å². The van der Waals surface area contributed by atoms with Crippen LogP contribution in [-0.4, -0.2) is 38.9 Å². The molecule has 3 aromatic carbocycles. The molecule has 0 amide bonds. The highest BCUT2D eigenvalue weighted by molar-refractivity contribution is 5.86. The zero-order valence-corrected chi connectivity index (χ0v) is 20.3. The van der Waals surface area contributed by atoms with Crippen LogP contribution >= 0.6 is 0 Å².